The number of nitro groups is 1. The summed E-state index contributed by atoms with van der Waals surface area (Å²) in [4.78, 5) is 25.5. The van der Waals surface area contributed by atoms with Gasteiger partial charge in [-0.3, -0.25) is 14.9 Å². The van der Waals surface area contributed by atoms with Crippen molar-refractivity contribution in [1.29, 1.82) is 0 Å². The molecule has 2 aromatic rings. The molecule has 0 bridgehead atoms. The molecule has 0 aliphatic carbocycles. The lowest BCUT2D eigenvalue weighted by Gasteiger charge is -2.07. The predicted octanol–water partition coefficient (Wildman–Crippen LogP) is 2.71. The number of rotatable bonds is 4. The Kier molecular flexibility index (Phi) is 4.44. The van der Waals surface area contributed by atoms with Crippen molar-refractivity contribution >= 4 is 23.2 Å². The molecule has 0 saturated carbocycles. The van der Waals surface area contributed by atoms with Crippen molar-refractivity contribution in [3.8, 4) is 0 Å². The molecule has 1 N–H and O–H groups in total. The summed E-state index contributed by atoms with van der Waals surface area (Å²) < 4.78 is 13.4. The topological polar surface area (TPSA) is 85.1 Å². The van der Waals surface area contributed by atoms with E-state index in [1.54, 1.807) is 6.07 Å². The fraction of sp³-hybridized carbons (Fsp3) is 0.0769. The molecule has 0 radical (unpaired) electrons. The van der Waals surface area contributed by atoms with Gasteiger partial charge in [-0.15, -0.1) is 0 Å². The van der Waals surface area contributed by atoms with Gasteiger partial charge in [-0.05, 0) is 6.07 Å². The normalized spacial score (nSPS) is 10.2. The van der Waals surface area contributed by atoms with Gasteiger partial charge in [-0.25, -0.2) is 9.37 Å². The Labute approximate surface area is 123 Å². The van der Waals surface area contributed by atoms with Crippen LogP contribution in [0.1, 0.15) is 15.9 Å². The zero-order chi connectivity index (χ0) is 15.4. The van der Waals surface area contributed by atoms with E-state index < -0.39 is 16.6 Å². The summed E-state index contributed by atoms with van der Waals surface area (Å²) in [7, 11) is 0. The van der Waals surface area contributed by atoms with Crippen molar-refractivity contribution in [1.82, 2.24) is 10.3 Å². The van der Waals surface area contributed by atoms with Crippen LogP contribution in [0.2, 0.25) is 5.15 Å². The molecule has 0 saturated heterocycles. The van der Waals surface area contributed by atoms with E-state index in [-0.39, 0.29) is 22.9 Å². The van der Waals surface area contributed by atoms with Crippen LogP contribution in [0, 0.1) is 15.9 Å². The van der Waals surface area contributed by atoms with E-state index in [0.29, 0.717) is 5.56 Å². The monoisotopic (exact) mass is 309 g/mol. The Morgan fingerprint density at radius 1 is 1.43 bits per heavy atom. The van der Waals surface area contributed by atoms with Gasteiger partial charge in [0, 0.05) is 18.2 Å². The van der Waals surface area contributed by atoms with E-state index in [1.165, 1.54) is 18.2 Å². The van der Waals surface area contributed by atoms with Crippen molar-refractivity contribution in [2.75, 3.05) is 0 Å². The van der Waals surface area contributed by atoms with Gasteiger partial charge in [0.15, 0.2) is 0 Å². The smallest absolute Gasteiger partial charge is 0.288 e. The lowest BCUT2D eigenvalue weighted by Crippen LogP contribution is -2.24. The number of hydrogen-bond donors (Lipinski definition) is 1. The predicted molar refractivity (Wildman–Crippen MR) is 73.5 cm³/mol. The standard InChI is InChI=1S/C13H9ClFN3O3/c14-12-10(5-9(7-16-12)18(20)21)13(19)17-6-8-3-1-2-4-11(8)15/h1-5,7H,6H2,(H,17,19). The summed E-state index contributed by atoms with van der Waals surface area (Å²) in [5.41, 5.74) is -0.196. The molecule has 0 aliphatic heterocycles. The number of carbonyl (C=O) groups is 1. The van der Waals surface area contributed by atoms with Crippen LogP contribution in [0.15, 0.2) is 36.5 Å². The molecular weight excluding hydrogens is 301 g/mol. The number of carbonyl (C=O) groups excluding carboxylic acids is 1. The summed E-state index contributed by atoms with van der Waals surface area (Å²) in [6, 6.07) is 6.97. The summed E-state index contributed by atoms with van der Waals surface area (Å²) in [6.07, 6.45) is 0.954. The van der Waals surface area contributed by atoms with E-state index in [1.807, 2.05) is 0 Å². The van der Waals surface area contributed by atoms with Gasteiger partial charge >= 0.3 is 0 Å². The van der Waals surface area contributed by atoms with Gasteiger partial charge in [-0.1, -0.05) is 29.8 Å². The Balaban J connectivity index is 2.15. The molecule has 21 heavy (non-hydrogen) atoms. The number of halogens is 2. The fourth-order valence-corrected chi connectivity index (χ4v) is 1.80. The third kappa shape index (κ3) is 3.51. The van der Waals surface area contributed by atoms with Crippen molar-refractivity contribution in [3.63, 3.8) is 0 Å². The quantitative estimate of drug-likeness (QED) is 0.534. The number of nitrogens with zero attached hydrogens (tertiary/aromatic N) is 2. The van der Waals surface area contributed by atoms with E-state index in [2.05, 4.69) is 10.3 Å². The first kappa shape index (κ1) is 14.9. The lowest BCUT2D eigenvalue weighted by molar-refractivity contribution is -0.385. The van der Waals surface area contributed by atoms with Gasteiger partial charge in [0.2, 0.25) is 0 Å². The summed E-state index contributed by atoms with van der Waals surface area (Å²) in [5, 5.41) is 12.9. The zero-order valence-electron chi connectivity index (χ0n) is 10.5. The first-order chi connectivity index (χ1) is 9.99. The molecule has 1 aromatic carbocycles. The van der Waals surface area contributed by atoms with E-state index in [9.17, 15) is 19.3 Å². The second-order valence-electron chi connectivity index (χ2n) is 4.06. The van der Waals surface area contributed by atoms with Crippen LogP contribution in [-0.2, 0) is 6.54 Å². The highest BCUT2D eigenvalue weighted by Gasteiger charge is 2.17. The Morgan fingerprint density at radius 2 is 2.14 bits per heavy atom. The number of benzene rings is 1. The molecule has 108 valence electrons. The second kappa shape index (κ2) is 6.27. The fourth-order valence-electron chi connectivity index (χ4n) is 1.61. The highest BCUT2D eigenvalue weighted by molar-refractivity contribution is 6.32. The van der Waals surface area contributed by atoms with Crippen molar-refractivity contribution in [3.05, 3.63) is 68.7 Å². The number of hydrogen-bond acceptors (Lipinski definition) is 4. The minimum Gasteiger partial charge on any atom is -0.348 e. The third-order valence-corrected chi connectivity index (χ3v) is 2.98. The molecule has 0 aliphatic rings. The minimum atomic E-state index is -0.684. The summed E-state index contributed by atoms with van der Waals surface area (Å²) >= 11 is 5.74. The number of amides is 1. The average Bonchev–Trinajstić information content (AvgIpc) is 2.46. The van der Waals surface area contributed by atoms with E-state index >= 15 is 0 Å². The van der Waals surface area contributed by atoms with Gasteiger partial charge in [-0.2, -0.15) is 0 Å². The third-order valence-electron chi connectivity index (χ3n) is 2.68. The van der Waals surface area contributed by atoms with Gasteiger partial charge in [0.1, 0.15) is 17.2 Å². The first-order valence-electron chi connectivity index (χ1n) is 5.80. The second-order valence-corrected chi connectivity index (χ2v) is 4.42. The molecule has 0 fully saturated rings. The van der Waals surface area contributed by atoms with Crippen LogP contribution < -0.4 is 5.32 Å². The maximum atomic E-state index is 13.4. The van der Waals surface area contributed by atoms with Crippen molar-refractivity contribution < 1.29 is 14.1 Å². The lowest BCUT2D eigenvalue weighted by atomic mass is 10.2. The van der Waals surface area contributed by atoms with Gasteiger partial charge in [0.05, 0.1) is 10.5 Å². The van der Waals surface area contributed by atoms with Gasteiger partial charge < -0.3 is 5.32 Å². The average molecular weight is 310 g/mol. The van der Waals surface area contributed by atoms with Crippen LogP contribution in [0.4, 0.5) is 10.1 Å². The highest BCUT2D eigenvalue weighted by Crippen LogP contribution is 2.19. The Bertz CT molecular complexity index is 709. The molecule has 1 aromatic heterocycles. The highest BCUT2D eigenvalue weighted by atomic mass is 35.5. The minimum absolute atomic E-state index is 0.0650. The van der Waals surface area contributed by atoms with E-state index in [0.717, 1.165) is 12.3 Å². The molecule has 6 nitrogen and oxygen atoms in total. The van der Waals surface area contributed by atoms with Gasteiger partial charge in [0.25, 0.3) is 11.6 Å². The van der Waals surface area contributed by atoms with Crippen molar-refractivity contribution in [2.45, 2.75) is 6.54 Å². The van der Waals surface area contributed by atoms with E-state index in [4.69, 9.17) is 11.6 Å². The van der Waals surface area contributed by atoms with Crippen LogP contribution in [-0.4, -0.2) is 15.8 Å². The number of pyridine rings is 1. The van der Waals surface area contributed by atoms with Crippen LogP contribution in [0.25, 0.3) is 0 Å². The van der Waals surface area contributed by atoms with Crippen molar-refractivity contribution in [2.24, 2.45) is 0 Å². The maximum Gasteiger partial charge on any atom is 0.288 e. The molecule has 8 heteroatoms. The molecule has 0 atom stereocenters. The van der Waals surface area contributed by atoms with Crippen LogP contribution in [0.3, 0.4) is 0 Å². The molecule has 0 unspecified atom stereocenters. The number of aromatic nitrogens is 1. The Morgan fingerprint density at radius 3 is 2.81 bits per heavy atom. The summed E-state index contributed by atoms with van der Waals surface area (Å²) in [6.45, 7) is -0.0650. The SMILES string of the molecule is O=C(NCc1ccccc1F)c1cc([N+](=O)[O-])cnc1Cl. The largest absolute Gasteiger partial charge is 0.348 e. The maximum absolute atomic E-state index is 13.4. The number of nitrogens with one attached hydrogen (secondary N) is 1. The molecule has 1 heterocycles. The summed E-state index contributed by atoms with van der Waals surface area (Å²) in [5.74, 6) is -1.12. The van der Waals surface area contributed by atoms with Crippen LogP contribution in [0.5, 0.6) is 0 Å². The van der Waals surface area contributed by atoms with Crippen LogP contribution >= 0.6 is 11.6 Å². The zero-order valence-corrected chi connectivity index (χ0v) is 11.3. The molecule has 2 rings (SSSR count). The first-order valence-corrected chi connectivity index (χ1v) is 6.18. The molecular formula is C13H9ClFN3O3. The molecule has 0 spiro atoms. The molecule has 1 amide bonds. The Hall–Kier alpha value is -2.54.